The van der Waals surface area contributed by atoms with E-state index >= 15 is 0 Å². The number of urea groups is 1. The van der Waals surface area contributed by atoms with Gasteiger partial charge >= 0.3 is 6.03 Å². The van der Waals surface area contributed by atoms with Crippen molar-refractivity contribution in [1.29, 1.82) is 0 Å². The number of carbonyl (C=O) groups excluding carboxylic acids is 2. The fourth-order valence-corrected chi connectivity index (χ4v) is 4.30. The minimum absolute atomic E-state index is 0.104. The van der Waals surface area contributed by atoms with Crippen molar-refractivity contribution in [2.75, 3.05) is 25.0 Å². The number of rotatable bonds is 6. The van der Waals surface area contributed by atoms with Gasteiger partial charge in [-0.1, -0.05) is 30.3 Å². The topological polar surface area (TPSA) is 61.4 Å². The fourth-order valence-electron chi connectivity index (χ4n) is 4.30. The van der Waals surface area contributed by atoms with E-state index in [0.29, 0.717) is 25.6 Å². The highest BCUT2D eigenvalue weighted by molar-refractivity contribution is 5.91. The van der Waals surface area contributed by atoms with E-state index in [9.17, 15) is 18.4 Å². The van der Waals surface area contributed by atoms with Crippen LogP contribution >= 0.6 is 0 Å². The lowest BCUT2D eigenvalue weighted by molar-refractivity contribution is -0.123. The average Bonchev–Trinajstić information content (AvgIpc) is 3.59. The summed E-state index contributed by atoms with van der Waals surface area (Å²) in [7, 11) is 0. The van der Waals surface area contributed by atoms with Crippen LogP contribution in [-0.2, 0) is 10.2 Å². The van der Waals surface area contributed by atoms with Crippen LogP contribution in [0.2, 0.25) is 0 Å². The molecule has 2 aromatic rings. The van der Waals surface area contributed by atoms with Crippen LogP contribution in [0.15, 0.2) is 48.5 Å². The average molecular weight is 427 g/mol. The lowest BCUT2D eigenvalue weighted by atomic mass is 9.92. The van der Waals surface area contributed by atoms with Crippen molar-refractivity contribution in [3.8, 4) is 0 Å². The molecule has 2 fully saturated rings. The Hall–Kier alpha value is -2.96. The van der Waals surface area contributed by atoms with Crippen molar-refractivity contribution in [3.63, 3.8) is 0 Å². The third kappa shape index (κ3) is 4.86. The van der Waals surface area contributed by atoms with Crippen LogP contribution in [0.25, 0.3) is 0 Å². The van der Waals surface area contributed by atoms with Crippen LogP contribution in [0.5, 0.6) is 0 Å². The summed E-state index contributed by atoms with van der Waals surface area (Å²) < 4.78 is 27.0. The summed E-state index contributed by atoms with van der Waals surface area (Å²) in [4.78, 5) is 26.7. The largest absolute Gasteiger partial charge is 0.355 e. The van der Waals surface area contributed by atoms with Crippen LogP contribution in [0.1, 0.15) is 37.7 Å². The molecule has 0 radical (unpaired) electrons. The summed E-state index contributed by atoms with van der Waals surface area (Å²) in [5, 5.41) is 5.55. The predicted molar refractivity (Wildman–Crippen MR) is 115 cm³/mol. The smallest absolute Gasteiger partial charge is 0.321 e. The number of piperidine rings is 1. The van der Waals surface area contributed by atoms with Gasteiger partial charge in [0.2, 0.25) is 5.91 Å². The lowest BCUT2D eigenvalue weighted by Crippen LogP contribution is -2.42. The number of nitrogens with zero attached hydrogens (tertiary/aromatic N) is 1. The molecular formula is C24H27F2N3O2. The van der Waals surface area contributed by atoms with Gasteiger partial charge in [0.15, 0.2) is 0 Å². The first-order valence-electron chi connectivity index (χ1n) is 10.8. The fraction of sp³-hybridized carbons (Fsp3) is 0.417. The van der Waals surface area contributed by atoms with Gasteiger partial charge < -0.3 is 15.5 Å². The summed E-state index contributed by atoms with van der Waals surface area (Å²) in [5.74, 6) is -0.739. The highest BCUT2D eigenvalue weighted by Crippen LogP contribution is 2.48. The molecule has 3 amide bonds. The number of anilines is 1. The summed E-state index contributed by atoms with van der Waals surface area (Å²) in [6, 6.07) is 12.5. The molecule has 1 aliphatic carbocycles. The highest BCUT2D eigenvalue weighted by Gasteiger charge is 2.50. The Morgan fingerprint density at radius 3 is 2.42 bits per heavy atom. The van der Waals surface area contributed by atoms with E-state index in [4.69, 9.17) is 0 Å². The molecule has 2 aliphatic rings. The molecule has 2 N–H and O–H groups in total. The van der Waals surface area contributed by atoms with Gasteiger partial charge in [0, 0.05) is 25.7 Å². The molecule has 0 bridgehead atoms. The molecule has 0 aromatic heterocycles. The number of carbonyl (C=O) groups is 2. The Balaban J connectivity index is 1.20. The maximum absolute atomic E-state index is 13.7. The van der Waals surface area contributed by atoms with E-state index in [1.165, 1.54) is 0 Å². The van der Waals surface area contributed by atoms with Crippen LogP contribution in [0.3, 0.4) is 0 Å². The maximum atomic E-state index is 13.7. The summed E-state index contributed by atoms with van der Waals surface area (Å²) in [6.45, 7) is 1.73. The third-order valence-electron chi connectivity index (χ3n) is 6.42. The molecule has 0 unspecified atom stereocenters. The van der Waals surface area contributed by atoms with Crippen LogP contribution in [0.4, 0.5) is 19.3 Å². The molecule has 7 heteroatoms. The minimum atomic E-state index is -0.663. The summed E-state index contributed by atoms with van der Waals surface area (Å²) >= 11 is 0. The van der Waals surface area contributed by atoms with Crippen LogP contribution in [-0.4, -0.2) is 36.5 Å². The molecule has 1 saturated carbocycles. The van der Waals surface area contributed by atoms with E-state index in [0.717, 1.165) is 55.9 Å². The van der Waals surface area contributed by atoms with Gasteiger partial charge in [-0.25, -0.2) is 13.6 Å². The van der Waals surface area contributed by atoms with Crippen molar-refractivity contribution in [2.24, 2.45) is 5.92 Å². The number of amides is 3. The van der Waals surface area contributed by atoms with Gasteiger partial charge in [-0.05, 0) is 55.7 Å². The van der Waals surface area contributed by atoms with Gasteiger partial charge in [-0.2, -0.15) is 0 Å². The van der Waals surface area contributed by atoms with Crippen molar-refractivity contribution in [1.82, 2.24) is 10.2 Å². The van der Waals surface area contributed by atoms with E-state index in [1.807, 2.05) is 30.3 Å². The molecule has 1 heterocycles. The molecule has 31 heavy (non-hydrogen) atoms. The monoisotopic (exact) mass is 427 g/mol. The number of likely N-dealkylation sites (tertiary alicyclic amines) is 1. The van der Waals surface area contributed by atoms with E-state index < -0.39 is 17.7 Å². The van der Waals surface area contributed by atoms with Gasteiger partial charge in [0.1, 0.15) is 11.6 Å². The van der Waals surface area contributed by atoms with E-state index in [2.05, 4.69) is 10.6 Å². The first-order chi connectivity index (χ1) is 15.0. The predicted octanol–water partition coefficient (Wildman–Crippen LogP) is 4.45. The molecule has 164 valence electrons. The second-order valence-electron chi connectivity index (χ2n) is 8.48. The minimum Gasteiger partial charge on any atom is -0.355 e. The van der Waals surface area contributed by atoms with E-state index in [1.54, 1.807) is 4.90 Å². The molecule has 2 aromatic carbocycles. The van der Waals surface area contributed by atoms with E-state index in [-0.39, 0.29) is 17.0 Å². The van der Waals surface area contributed by atoms with Crippen LogP contribution in [0, 0.1) is 17.6 Å². The Kier molecular flexibility index (Phi) is 6.20. The highest BCUT2D eigenvalue weighted by atomic mass is 19.1. The molecule has 0 spiro atoms. The Morgan fingerprint density at radius 1 is 1.03 bits per heavy atom. The molecule has 1 saturated heterocycles. The van der Waals surface area contributed by atoms with Gasteiger partial charge in [-0.15, -0.1) is 0 Å². The normalized spacial score (nSPS) is 17.8. The van der Waals surface area contributed by atoms with Crippen molar-refractivity contribution >= 4 is 17.6 Å². The van der Waals surface area contributed by atoms with Gasteiger partial charge in [-0.3, -0.25) is 4.79 Å². The third-order valence-corrected chi connectivity index (χ3v) is 6.42. The van der Waals surface area contributed by atoms with Crippen LogP contribution < -0.4 is 10.6 Å². The molecule has 0 atom stereocenters. The molecule has 1 aliphatic heterocycles. The number of benzene rings is 2. The zero-order chi connectivity index (χ0) is 21.8. The first-order valence-corrected chi connectivity index (χ1v) is 10.8. The number of halogens is 2. The van der Waals surface area contributed by atoms with Crippen molar-refractivity contribution in [2.45, 2.75) is 37.5 Å². The molecule has 5 nitrogen and oxygen atoms in total. The number of hydrogen-bond donors (Lipinski definition) is 2. The zero-order valence-corrected chi connectivity index (χ0v) is 17.4. The second-order valence-corrected chi connectivity index (χ2v) is 8.48. The zero-order valence-electron chi connectivity index (χ0n) is 17.4. The summed E-state index contributed by atoms with van der Waals surface area (Å²) in [5.41, 5.74) is 0.582. The summed E-state index contributed by atoms with van der Waals surface area (Å²) in [6.07, 6.45) is 4.28. The maximum Gasteiger partial charge on any atom is 0.321 e. The Labute approximate surface area is 180 Å². The number of nitrogens with one attached hydrogen (secondary N) is 2. The standard InChI is InChI=1S/C24H27F2N3O2/c25-19-6-7-20(26)21(16-19)28-23(31)29-14-9-17(10-15-29)8-13-27-22(30)24(11-12-24)18-4-2-1-3-5-18/h1-7,16-17H,8-15H2,(H,27,30)(H,28,31). The van der Waals surface area contributed by atoms with Gasteiger partial charge in [0.25, 0.3) is 0 Å². The number of hydrogen-bond acceptors (Lipinski definition) is 2. The Bertz CT molecular complexity index is 939. The lowest BCUT2D eigenvalue weighted by Gasteiger charge is -2.32. The molecule has 4 rings (SSSR count). The SMILES string of the molecule is O=C(Nc1cc(F)ccc1F)N1CCC(CCNC(=O)C2(c3ccccc3)CC2)CC1. The molecular weight excluding hydrogens is 400 g/mol. The van der Waals surface area contributed by atoms with Gasteiger partial charge in [0.05, 0.1) is 11.1 Å². The Morgan fingerprint density at radius 2 is 1.74 bits per heavy atom. The van der Waals surface area contributed by atoms with Crippen molar-refractivity contribution in [3.05, 3.63) is 65.7 Å². The van der Waals surface area contributed by atoms with Crippen molar-refractivity contribution < 1.29 is 18.4 Å². The first kappa shape index (κ1) is 21.3. The quantitative estimate of drug-likeness (QED) is 0.716. The second kappa shape index (κ2) is 9.04.